The number of nitrogens with zero attached hydrogens (tertiary/aromatic N) is 2. The molecule has 1 aromatic heterocycles. The smallest absolute Gasteiger partial charge is 0.338 e. The summed E-state index contributed by atoms with van der Waals surface area (Å²) in [6.45, 7) is 5.91. The quantitative estimate of drug-likeness (QED) is 0.735. The molecule has 1 N–H and O–H groups in total. The van der Waals surface area contributed by atoms with E-state index in [0.717, 1.165) is 28.2 Å². The number of phenolic OH excluding ortho intramolecular Hbond substituents is 1. The van der Waals surface area contributed by atoms with Gasteiger partial charge in [-0.15, -0.1) is 0 Å². The minimum Gasteiger partial charge on any atom is -0.508 e. The number of hydrogen-bond acceptors (Lipinski definition) is 4. The Morgan fingerprint density at radius 3 is 2.40 bits per heavy atom. The second kappa shape index (κ2) is 6.81. The van der Waals surface area contributed by atoms with Crippen molar-refractivity contribution in [3.8, 4) is 11.4 Å². The third-order valence-corrected chi connectivity index (χ3v) is 4.01. The van der Waals surface area contributed by atoms with Crippen molar-refractivity contribution in [1.29, 1.82) is 0 Å². The van der Waals surface area contributed by atoms with Gasteiger partial charge in [0.2, 0.25) is 0 Å². The van der Waals surface area contributed by atoms with E-state index in [1.807, 2.05) is 48.9 Å². The van der Waals surface area contributed by atoms with Gasteiger partial charge in [0.05, 0.1) is 16.9 Å². The van der Waals surface area contributed by atoms with Crippen molar-refractivity contribution >= 4 is 5.97 Å². The molecule has 5 heteroatoms. The van der Waals surface area contributed by atoms with Crippen molar-refractivity contribution in [3.05, 3.63) is 76.6 Å². The summed E-state index contributed by atoms with van der Waals surface area (Å²) >= 11 is 0. The first-order chi connectivity index (χ1) is 11.9. The van der Waals surface area contributed by atoms with Crippen LogP contribution in [0.15, 0.2) is 48.5 Å². The van der Waals surface area contributed by atoms with Gasteiger partial charge in [-0.05, 0) is 62.2 Å². The zero-order chi connectivity index (χ0) is 18.0. The maximum absolute atomic E-state index is 12.1. The molecule has 0 spiro atoms. The molecular formula is C20H20N2O3. The molecule has 0 fully saturated rings. The highest BCUT2D eigenvalue weighted by molar-refractivity contribution is 5.90. The lowest BCUT2D eigenvalue weighted by Gasteiger charge is -2.08. The van der Waals surface area contributed by atoms with Crippen LogP contribution in [0.4, 0.5) is 0 Å². The zero-order valence-electron chi connectivity index (χ0n) is 14.5. The summed E-state index contributed by atoms with van der Waals surface area (Å²) < 4.78 is 7.19. The van der Waals surface area contributed by atoms with Gasteiger partial charge in [0, 0.05) is 5.69 Å². The third-order valence-electron chi connectivity index (χ3n) is 4.01. The lowest BCUT2D eigenvalue weighted by molar-refractivity contribution is 0.0472. The van der Waals surface area contributed by atoms with E-state index in [9.17, 15) is 9.90 Å². The molecule has 0 saturated heterocycles. The van der Waals surface area contributed by atoms with E-state index in [-0.39, 0.29) is 12.4 Å². The van der Waals surface area contributed by atoms with E-state index in [0.29, 0.717) is 5.56 Å². The largest absolute Gasteiger partial charge is 0.508 e. The van der Waals surface area contributed by atoms with Gasteiger partial charge in [0.25, 0.3) is 0 Å². The number of hydrogen-bond donors (Lipinski definition) is 1. The SMILES string of the molecule is Cc1cc(C)n(-c2ccc(COC(=O)c3ccc(C)c(O)c3)cc2)n1. The van der Waals surface area contributed by atoms with Gasteiger partial charge in [-0.25, -0.2) is 9.48 Å². The van der Waals surface area contributed by atoms with Crippen molar-refractivity contribution in [1.82, 2.24) is 9.78 Å². The van der Waals surface area contributed by atoms with Crippen LogP contribution in [0, 0.1) is 20.8 Å². The first kappa shape index (κ1) is 16.8. The van der Waals surface area contributed by atoms with E-state index in [1.165, 1.54) is 6.07 Å². The third kappa shape index (κ3) is 3.71. The van der Waals surface area contributed by atoms with E-state index in [2.05, 4.69) is 5.10 Å². The summed E-state index contributed by atoms with van der Waals surface area (Å²) in [4.78, 5) is 12.1. The standard InChI is InChI=1S/C20H20N2O3/c1-13-4-7-17(11-19(13)23)20(24)25-12-16-5-8-18(9-6-16)22-15(3)10-14(2)21-22/h4-11,23H,12H2,1-3H3. The fourth-order valence-corrected chi connectivity index (χ4v) is 2.59. The number of carbonyl (C=O) groups excluding carboxylic acids is 1. The normalized spacial score (nSPS) is 10.7. The van der Waals surface area contributed by atoms with E-state index >= 15 is 0 Å². The molecule has 2 aromatic carbocycles. The molecule has 25 heavy (non-hydrogen) atoms. The van der Waals surface area contributed by atoms with Crippen LogP contribution in [0.3, 0.4) is 0 Å². The summed E-state index contributed by atoms with van der Waals surface area (Å²) in [5.41, 5.74) is 4.94. The number of aryl methyl sites for hydroxylation is 3. The molecule has 1 heterocycles. The first-order valence-electron chi connectivity index (χ1n) is 8.03. The highest BCUT2D eigenvalue weighted by atomic mass is 16.5. The van der Waals surface area contributed by atoms with Gasteiger partial charge < -0.3 is 9.84 Å². The Bertz CT molecular complexity index is 911. The lowest BCUT2D eigenvalue weighted by Crippen LogP contribution is -2.05. The summed E-state index contributed by atoms with van der Waals surface area (Å²) in [5.74, 6) is -0.374. The topological polar surface area (TPSA) is 64.3 Å². The highest BCUT2D eigenvalue weighted by Crippen LogP contribution is 2.19. The molecule has 0 radical (unpaired) electrons. The summed E-state index contributed by atoms with van der Waals surface area (Å²) in [5, 5.41) is 14.1. The molecule has 0 bridgehead atoms. The molecule has 5 nitrogen and oxygen atoms in total. The predicted octanol–water partition coefficient (Wildman–Crippen LogP) is 3.86. The lowest BCUT2D eigenvalue weighted by atomic mass is 10.1. The van der Waals surface area contributed by atoms with Crippen LogP contribution in [-0.2, 0) is 11.3 Å². The number of phenols is 1. The van der Waals surface area contributed by atoms with Crippen LogP contribution < -0.4 is 0 Å². The van der Waals surface area contributed by atoms with Crippen LogP contribution in [0.5, 0.6) is 5.75 Å². The fourth-order valence-electron chi connectivity index (χ4n) is 2.59. The maximum atomic E-state index is 12.1. The molecule has 0 saturated carbocycles. The molecule has 3 rings (SSSR count). The Morgan fingerprint density at radius 1 is 1.08 bits per heavy atom. The average molecular weight is 336 g/mol. The fraction of sp³-hybridized carbons (Fsp3) is 0.200. The van der Waals surface area contributed by atoms with Gasteiger partial charge in [0.1, 0.15) is 12.4 Å². The average Bonchev–Trinajstić information content (AvgIpc) is 2.94. The Hall–Kier alpha value is -3.08. The van der Waals surface area contributed by atoms with Crippen LogP contribution in [-0.4, -0.2) is 20.9 Å². The molecule has 0 amide bonds. The molecule has 0 aliphatic heterocycles. The number of benzene rings is 2. The Morgan fingerprint density at radius 2 is 1.80 bits per heavy atom. The summed E-state index contributed by atoms with van der Waals surface area (Å²) in [6.07, 6.45) is 0. The molecule has 0 aliphatic carbocycles. The second-order valence-corrected chi connectivity index (χ2v) is 6.08. The summed E-state index contributed by atoms with van der Waals surface area (Å²) in [7, 11) is 0. The van der Waals surface area contributed by atoms with Crippen LogP contribution in [0.1, 0.15) is 32.9 Å². The van der Waals surface area contributed by atoms with Gasteiger partial charge >= 0.3 is 5.97 Å². The van der Waals surface area contributed by atoms with Crippen molar-refractivity contribution in [2.24, 2.45) is 0 Å². The highest BCUT2D eigenvalue weighted by Gasteiger charge is 2.10. The number of carbonyl (C=O) groups is 1. The van der Waals surface area contributed by atoms with E-state index < -0.39 is 5.97 Å². The number of aromatic nitrogens is 2. The summed E-state index contributed by atoms with van der Waals surface area (Å²) in [6, 6.07) is 14.5. The van der Waals surface area contributed by atoms with Crippen LogP contribution >= 0.6 is 0 Å². The van der Waals surface area contributed by atoms with Crippen molar-refractivity contribution < 1.29 is 14.6 Å². The minimum atomic E-state index is -0.460. The van der Waals surface area contributed by atoms with Gasteiger partial charge in [-0.3, -0.25) is 0 Å². The number of rotatable bonds is 4. The van der Waals surface area contributed by atoms with Crippen LogP contribution in [0.25, 0.3) is 5.69 Å². The number of aromatic hydroxyl groups is 1. The van der Waals surface area contributed by atoms with Crippen molar-refractivity contribution in [2.75, 3.05) is 0 Å². The van der Waals surface area contributed by atoms with Gasteiger partial charge in [-0.1, -0.05) is 18.2 Å². The monoisotopic (exact) mass is 336 g/mol. The van der Waals surface area contributed by atoms with Gasteiger partial charge in [0.15, 0.2) is 0 Å². The van der Waals surface area contributed by atoms with E-state index in [1.54, 1.807) is 19.1 Å². The molecule has 0 unspecified atom stereocenters. The number of esters is 1. The van der Waals surface area contributed by atoms with E-state index in [4.69, 9.17) is 4.74 Å². The zero-order valence-corrected chi connectivity index (χ0v) is 14.5. The molecule has 0 aliphatic rings. The first-order valence-corrected chi connectivity index (χ1v) is 8.03. The maximum Gasteiger partial charge on any atom is 0.338 e. The molecular weight excluding hydrogens is 316 g/mol. The van der Waals surface area contributed by atoms with Crippen LogP contribution in [0.2, 0.25) is 0 Å². The minimum absolute atomic E-state index is 0.0867. The van der Waals surface area contributed by atoms with Crippen molar-refractivity contribution in [2.45, 2.75) is 27.4 Å². The molecule has 3 aromatic rings. The second-order valence-electron chi connectivity index (χ2n) is 6.08. The molecule has 0 atom stereocenters. The van der Waals surface area contributed by atoms with Crippen molar-refractivity contribution in [3.63, 3.8) is 0 Å². The Kier molecular flexibility index (Phi) is 4.57. The molecule has 128 valence electrons. The number of ether oxygens (including phenoxy) is 1. The predicted molar refractivity (Wildman–Crippen MR) is 95.0 cm³/mol. The van der Waals surface area contributed by atoms with Gasteiger partial charge in [-0.2, -0.15) is 5.10 Å². The Balaban J connectivity index is 1.66. The Labute approximate surface area is 146 Å².